The summed E-state index contributed by atoms with van der Waals surface area (Å²) in [5, 5.41) is 0. The number of amides is 3. The Hall–Kier alpha value is -2.65. The number of piperidine rings is 1. The molecule has 3 aliphatic heterocycles. The topological polar surface area (TPSA) is 88.6 Å². The SMILES string of the molecule is COc1cccc(C(=O)N2[C@H](C(=O)N3CCOCC3)COC23CCN(C(=O)CC(C)(C)C)CC3)c1. The highest BCUT2D eigenvalue weighted by Gasteiger charge is 2.55. The van der Waals surface area contributed by atoms with Gasteiger partial charge in [0, 0.05) is 51.0 Å². The largest absolute Gasteiger partial charge is 0.497 e. The molecule has 35 heavy (non-hydrogen) atoms. The minimum atomic E-state index is -0.925. The molecular formula is C26H37N3O6. The molecule has 3 fully saturated rings. The first-order valence-electron chi connectivity index (χ1n) is 12.4. The van der Waals surface area contributed by atoms with E-state index in [0.29, 0.717) is 70.0 Å². The summed E-state index contributed by atoms with van der Waals surface area (Å²) < 4.78 is 17.0. The maximum absolute atomic E-state index is 13.9. The maximum atomic E-state index is 13.9. The first-order valence-corrected chi connectivity index (χ1v) is 12.4. The number of nitrogens with zero attached hydrogens (tertiary/aromatic N) is 3. The van der Waals surface area contributed by atoms with Crippen LogP contribution in [0.3, 0.4) is 0 Å². The van der Waals surface area contributed by atoms with E-state index in [1.165, 1.54) is 0 Å². The number of carbonyl (C=O) groups is 3. The summed E-state index contributed by atoms with van der Waals surface area (Å²) in [6.45, 7) is 9.22. The third-order valence-corrected chi connectivity index (χ3v) is 6.98. The molecule has 1 atom stereocenters. The number of carbonyl (C=O) groups excluding carboxylic acids is 3. The Kier molecular flexibility index (Phi) is 7.38. The third-order valence-electron chi connectivity index (χ3n) is 6.98. The number of hydrogen-bond acceptors (Lipinski definition) is 6. The molecule has 9 heteroatoms. The lowest BCUT2D eigenvalue weighted by Crippen LogP contribution is -2.60. The van der Waals surface area contributed by atoms with Gasteiger partial charge in [0.2, 0.25) is 11.8 Å². The molecule has 0 N–H and O–H groups in total. The molecule has 1 spiro atoms. The van der Waals surface area contributed by atoms with Crippen molar-refractivity contribution in [3.63, 3.8) is 0 Å². The van der Waals surface area contributed by atoms with Gasteiger partial charge in [-0.3, -0.25) is 19.3 Å². The number of morpholine rings is 1. The van der Waals surface area contributed by atoms with Gasteiger partial charge in [-0.1, -0.05) is 26.8 Å². The van der Waals surface area contributed by atoms with E-state index in [2.05, 4.69) is 0 Å². The lowest BCUT2D eigenvalue weighted by atomic mass is 9.90. The van der Waals surface area contributed by atoms with Crippen LogP contribution < -0.4 is 4.74 Å². The zero-order valence-electron chi connectivity index (χ0n) is 21.2. The van der Waals surface area contributed by atoms with Crippen LogP contribution in [0, 0.1) is 5.41 Å². The Morgan fingerprint density at radius 1 is 1.06 bits per heavy atom. The molecule has 3 saturated heterocycles. The smallest absolute Gasteiger partial charge is 0.257 e. The van der Waals surface area contributed by atoms with Crippen LogP contribution in [0.15, 0.2) is 24.3 Å². The van der Waals surface area contributed by atoms with Gasteiger partial charge in [-0.15, -0.1) is 0 Å². The highest BCUT2D eigenvalue weighted by atomic mass is 16.5. The van der Waals surface area contributed by atoms with Gasteiger partial charge in [0.25, 0.3) is 5.91 Å². The summed E-state index contributed by atoms with van der Waals surface area (Å²) in [5.74, 6) is 0.302. The van der Waals surface area contributed by atoms with E-state index in [1.807, 2.05) is 25.7 Å². The standard InChI is InChI=1S/C26H37N3O6/c1-25(2,3)17-22(30)27-10-8-26(9-11-27)29(23(31)19-6-5-7-20(16-19)33-4)21(18-35-26)24(32)28-12-14-34-15-13-28/h5-7,16,21H,8-15,17-18H2,1-4H3/t21-/m0/s1. The van der Waals surface area contributed by atoms with Crippen LogP contribution in [-0.2, 0) is 19.1 Å². The second kappa shape index (κ2) is 10.1. The van der Waals surface area contributed by atoms with Crippen molar-refractivity contribution >= 4 is 17.7 Å². The van der Waals surface area contributed by atoms with Crippen LogP contribution >= 0.6 is 0 Å². The van der Waals surface area contributed by atoms with Gasteiger partial charge >= 0.3 is 0 Å². The molecular weight excluding hydrogens is 450 g/mol. The van der Waals surface area contributed by atoms with Gasteiger partial charge in [0.1, 0.15) is 17.5 Å². The Morgan fingerprint density at radius 2 is 1.74 bits per heavy atom. The number of likely N-dealkylation sites (tertiary alicyclic amines) is 1. The van der Waals surface area contributed by atoms with E-state index in [-0.39, 0.29) is 29.7 Å². The van der Waals surface area contributed by atoms with Crippen molar-refractivity contribution in [3.8, 4) is 5.75 Å². The lowest BCUT2D eigenvalue weighted by molar-refractivity contribution is -0.147. The second-order valence-corrected chi connectivity index (χ2v) is 10.7. The van der Waals surface area contributed by atoms with E-state index in [1.54, 1.807) is 41.2 Å². The zero-order chi connectivity index (χ0) is 25.2. The average Bonchev–Trinajstić information content (AvgIpc) is 3.21. The number of hydrogen-bond donors (Lipinski definition) is 0. The summed E-state index contributed by atoms with van der Waals surface area (Å²) in [6.07, 6.45) is 1.39. The van der Waals surface area contributed by atoms with Crippen molar-refractivity contribution < 1.29 is 28.6 Å². The van der Waals surface area contributed by atoms with Gasteiger partial charge in [0.15, 0.2) is 0 Å². The number of ether oxygens (including phenoxy) is 3. The van der Waals surface area contributed by atoms with Crippen molar-refractivity contribution in [2.75, 3.05) is 53.1 Å². The quantitative estimate of drug-likeness (QED) is 0.647. The molecule has 3 amide bonds. The van der Waals surface area contributed by atoms with Crippen molar-refractivity contribution in [2.24, 2.45) is 5.41 Å². The molecule has 0 aromatic heterocycles. The van der Waals surface area contributed by atoms with Crippen LogP contribution in [0.25, 0.3) is 0 Å². The maximum Gasteiger partial charge on any atom is 0.257 e. The van der Waals surface area contributed by atoms with Gasteiger partial charge < -0.3 is 24.0 Å². The molecule has 1 aromatic rings. The highest BCUT2D eigenvalue weighted by molar-refractivity contribution is 5.98. The summed E-state index contributed by atoms with van der Waals surface area (Å²) in [6, 6.07) is 6.25. The average molecular weight is 488 g/mol. The molecule has 0 radical (unpaired) electrons. The zero-order valence-corrected chi connectivity index (χ0v) is 21.2. The van der Waals surface area contributed by atoms with E-state index in [4.69, 9.17) is 14.2 Å². The molecule has 1 aromatic carbocycles. The minimum Gasteiger partial charge on any atom is -0.497 e. The normalized spacial score (nSPS) is 22.4. The summed E-state index contributed by atoms with van der Waals surface area (Å²) in [5.41, 5.74) is -0.578. The van der Waals surface area contributed by atoms with Gasteiger partial charge in [-0.2, -0.15) is 0 Å². The minimum absolute atomic E-state index is 0.0971. The fourth-order valence-corrected chi connectivity index (χ4v) is 5.12. The third kappa shape index (κ3) is 5.46. The molecule has 0 aliphatic carbocycles. The Labute approximate surface area is 207 Å². The number of methoxy groups -OCH3 is 1. The van der Waals surface area contributed by atoms with Gasteiger partial charge in [-0.05, 0) is 23.6 Å². The van der Waals surface area contributed by atoms with Crippen molar-refractivity contribution in [1.29, 1.82) is 0 Å². The number of rotatable bonds is 4. The van der Waals surface area contributed by atoms with Crippen LogP contribution in [0.4, 0.5) is 0 Å². The molecule has 3 aliphatic rings. The monoisotopic (exact) mass is 487 g/mol. The first kappa shape index (κ1) is 25.4. The molecule has 0 unspecified atom stereocenters. The fraction of sp³-hybridized carbons (Fsp3) is 0.654. The molecule has 4 rings (SSSR count). The van der Waals surface area contributed by atoms with Crippen LogP contribution in [-0.4, -0.2) is 97.3 Å². The predicted octanol–water partition coefficient (Wildman–Crippen LogP) is 2.15. The van der Waals surface area contributed by atoms with Crippen molar-refractivity contribution in [1.82, 2.24) is 14.7 Å². The highest BCUT2D eigenvalue weighted by Crippen LogP contribution is 2.39. The van der Waals surface area contributed by atoms with E-state index in [9.17, 15) is 14.4 Å². The van der Waals surface area contributed by atoms with E-state index >= 15 is 0 Å². The molecule has 9 nitrogen and oxygen atoms in total. The van der Waals surface area contributed by atoms with Crippen LogP contribution in [0.1, 0.15) is 50.4 Å². The summed E-state index contributed by atoms with van der Waals surface area (Å²) in [4.78, 5) is 45.5. The predicted molar refractivity (Wildman–Crippen MR) is 129 cm³/mol. The Balaban J connectivity index is 1.59. The Morgan fingerprint density at radius 3 is 2.37 bits per heavy atom. The number of benzene rings is 1. The van der Waals surface area contributed by atoms with Gasteiger partial charge in [-0.25, -0.2) is 0 Å². The molecule has 3 heterocycles. The molecule has 0 bridgehead atoms. The lowest BCUT2D eigenvalue weighted by Gasteiger charge is -2.45. The van der Waals surface area contributed by atoms with Crippen molar-refractivity contribution in [3.05, 3.63) is 29.8 Å². The first-order chi connectivity index (χ1) is 16.6. The van der Waals surface area contributed by atoms with E-state index in [0.717, 1.165) is 0 Å². The van der Waals surface area contributed by atoms with Gasteiger partial charge in [0.05, 0.1) is 26.9 Å². The molecule has 0 saturated carbocycles. The van der Waals surface area contributed by atoms with Crippen LogP contribution in [0.5, 0.6) is 5.75 Å². The van der Waals surface area contributed by atoms with Crippen LogP contribution in [0.2, 0.25) is 0 Å². The Bertz CT molecular complexity index is 945. The van der Waals surface area contributed by atoms with Crippen molar-refractivity contribution in [2.45, 2.75) is 51.8 Å². The summed E-state index contributed by atoms with van der Waals surface area (Å²) >= 11 is 0. The molecule has 192 valence electrons. The fourth-order valence-electron chi connectivity index (χ4n) is 5.12. The summed E-state index contributed by atoms with van der Waals surface area (Å²) in [7, 11) is 1.55. The second-order valence-electron chi connectivity index (χ2n) is 10.7. The van der Waals surface area contributed by atoms with E-state index < -0.39 is 11.8 Å².